The van der Waals surface area contributed by atoms with E-state index < -0.39 is 9.84 Å². The van der Waals surface area contributed by atoms with Crippen LogP contribution in [0.2, 0.25) is 0 Å². The number of tetrazole rings is 1. The average molecular weight is 310 g/mol. The van der Waals surface area contributed by atoms with Gasteiger partial charge in [-0.1, -0.05) is 19.1 Å². The van der Waals surface area contributed by atoms with E-state index in [4.69, 9.17) is 4.74 Å². The normalized spacial score (nSPS) is 13.1. The second kappa shape index (κ2) is 6.21. The van der Waals surface area contributed by atoms with Crippen molar-refractivity contribution in [1.82, 2.24) is 20.2 Å². The third kappa shape index (κ3) is 4.52. The Morgan fingerprint density at radius 2 is 1.95 bits per heavy atom. The van der Waals surface area contributed by atoms with Crippen molar-refractivity contribution >= 4 is 9.84 Å². The predicted octanol–water partition coefficient (Wildman–Crippen LogP) is 1.03. The highest BCUT2D eigenvalue weighted by molar-refractivity contribution is 7.89. The molecule has 114 valence electrons. The number of methoxy groups -OCH3 is 1. The molecular weight excluding hydrogens is 292 g/mol. The second-order valence-electron chi connectivity index (χ2n) is 5.03. The number of rotatable bonds is 6. The molecule has 0 radical (unpaired) electrons. The minimum absolute atomic E-state index is 0.0479. The fraction of sp³-hybridized carbons (Fsp3) is 0.462. The molecule has 1 heterocycles. The minimum atomic E-state index is -3.17. The smallest absolute Gasteiger partial charge is 0.177 e. The summed E-state index contributed by atoms with van der Waals surface area (Å²) < 4.78 is 27.5. The first kappa shape index (κ1) is 15.4. The molecule has 0 N–H and O–H groups in total. The maximum atomic E-state index is 11.2. The van der Waals surface area contributed by atoms with Gasteiger partial charge in [-0.15, -0.1) is 15.0 Å². The van der Waals surface area contributed by atoms with Crippen LogP contribution >= 0.6 is 0 Å². The van der Waals surface area contributed by atoms with Crippen molar-refractivity contribution in [2.75, 3.05) is 13.4 Å². The zero-order valence-electron chi connectivity index (χ0n) is 12.2. The van der Waals surface area contributed by atoms with Crippen LogP contribution in [0.3, 0.4) is 0 Å². The van der Waals surface area contributed by atoms with E-state index in [1.165, 1.54) is 0 Å². The van der Waals surface area contributed by atoms with Gasteiger partial charge in [0.15, 0.2) is 21.5 Å². The van der Waals surface area contributed by atoms with Crippen molar-refractivity contribution in [2.45, 2.75) is 25.1 Å². The molecule has 1 aromatic heterocycles. The lowest BCUT2D eigenvalue weighted by Crippen LogP contribution is -2.12. The van der Waals surface area contributed by atoms with Crippen LogP contribution in [0, 0.1) is 0 Å². The van der Waals surface area contributed by atoms with Gasteiger partial charge in [0.1, 0.15) is 5.75 Å². The van der Waals surface area contributed by atoms with Gasteiger partial charge in [0.2, 0.25) is 0 Å². The Hall–Kier alpha value is -1.96. The summed E-state index contributed by atoms with van der Waals surface area (Å²) in [4.78, 5) is 1.11. The fourth-order valence-corrected chi connectivity index (χ4v) is 2.45. The molecule has 0 aliphatic heterocycles. The summed E-state index contributed by atoms with van der Waals surface area (Å²) in [5, 5.41) is 11.8. The first-order valence-corrected chi connectivity index (χ1v) is 8.52. The molecular formula is C13H18N4O3S. The van der Waals surface area contributed by atoms with Gasteiger partial charge in [0.25, 0.3) is 0 Å². The van der Waals surface area contributed by atoms with Gasteiger partial charge in [-0.05, 0) is 29.3 Å². The van der Waals surface area contributed by atoms with Gasteiger partial charge in [0, 0.05) is 12.2 Å². The van der Waals surface area contributed by atoms with Crippen molar-refractivity contribution in [3.05, 3.63) is 35.7 Å². The van der Waals surface area contributed by atoms with E-state index in [0.29, 0.717) is 5.82 Å². The number of hydrogen-bond donors (Lipinski definition) is 0. The Morgan fingerprint density at radius 1 is 1.29 bits per heavy atom. The molecule has 2 aromatic rings. The summed E-state index contributed by atoms with van der Waals surface area (Å²) in [6.07, 6.45) is 1.88. The molecule has 0 aliphatic rings. The summed E-state index contributed by atoms with van der Waals surface area (Å²) in [5.74, 6) is 1.14. The highest BCUT2D eigenvalue weighted by atomic mass is 32.2. The fourth-order valence-electron chi connectivity index (χ4n) is 1.92. The molecule has 0 fully saturated rings. The third-order valence-corrected chi connectivity index (χ3v) is 3.66. The van der Waals surface area contributed by atoms with Crippen molar-refractivity contribution < 1.29 is 13.2 Å². The molecule has 0 saturated carbocycles. The second-order valence-corrected chi connectivity index (χ2v) is 7.14. The summed E-state index contributed by atoms with van der Waals surface area (Å²) in [6, 6.07) is 7.76. The number of benzene rings is 1. The monoisotopic (exact) mass is 310 g/mol. The van der Waals surface area contributed by atoms with E-state index in [-0.39, 0.29) is 11.8 Å². The van der Waals surface area contributed by atoms with Crippen molar-refractivity contribution in [3.8, 4) is 5.75 Å². The molecule has 2 rings (SSSR count). The first-order valence-electron chi connectivity index (χ1n) is 6.46. The molecule has 0 unspecified atom stereocenters. The van der Waals surface area contributed by atoms with Crippen LogP contribution in [0.5, 0.6) is 5.75 Å². The van der Waals surface area contributed by atoms with E-state index in [1.807, 2.05) is 31.2 Å². The number of hydrogen-bond acceptors (Lipinski definition) is 6. The number of ether oxygens (including phenoxy) is 1. The predicted molar refractivity (Wildman–Crippen MR) is 77.8 cm³/mol. The van der Waals surface area contributed by atoms with Crippen molar-refractivity contribution in [3.63, 3.8) is 0 Å². The standard InChI is InChI=1S/C13H18N4O3S/c1-10(8-11-4-6-12(20-2)7-5-11)13-14-16-17(15-13)9-21(3,18)19/h4-7,10H,8-9H2,1-3H3/t10-/m0/s1. The van der Waals surface area contributed by atoms with Crippen LogP contribution in [-0.4, -0.2) is 42.0 Å². The van der Waals surface area contributed by atoms with Gasteiger partial charge >= 0.3 is 0 Å². The maximum Gasteiger partial charge on any atom is 0.177 e. The first-order chi connectivity index (χ1) is 9.87. The molecule has 8 heteroatoms. The maximum absolute atomic E-state index is 11.2. The van der Waals surface area contributed by atoms with E-state index in [1.54, 1.807) is 7.11 Å². The number of nitrogens with zero attached hydrogens (tertiary/aromatic N) is 4. The summed E-state index contributed by atoms with van der Waals surface area (Å²) in [7, 11) is -1.55. The molecule has 7 nitrogen and oxygen atoms in total. The van der Waals surface area contributed by atoms with Gasteiger partial charge in [-0.2, -0.15) is 0 Å². The molecule has 0 amide bonds. The Morgan fingerprint density at radius 3 is 2.52 bits per heavy atom. The average Bonchev–Trinajstić information content (AvgIpc) is 2.86. The summed E-state index contributed by atoms with van der Waals surface area (Å²) >= 11 is 0. The Labute approximate surface area is 123 Å². The molecule has 21 heavy (non-hydrogen) atoms. The third-order valence-electron chi connectivity index (χ3n) is 2.96. The van der Waals surface area contributed by atoms with E-state index in [9.17, 15) is 8.42 Å². The zero-order chi connectivity index (χ0) is 15.5. The highest BCUT2D eigenvalue weighted by Crippen LogP contribution is 2.19. The largest absolute Gasteiger partial charge is 0.497 e. The van der Waals surface area contributed by atoms with Crippen molar-refractivity contribution in [2.24, 2.45) is 0 Å². The zero-order valence-corrected chi connectivity index (χ0v) is 13.0. The highest BCUT2D eigenvalue weighted by Gasteiger charge is 2.15. The summed E-state index contributed by atoms with van der Waals surface area (Å²) in [6.45, 7) is 1.98. The van der Waals surface area contributed by atoms with Crippen LogP contribution in [0.1, 0.15) is 24.2 Å². The lowest BCUT2D eigenvalue weighted by Gasteiger charge is -2.07. The molecule has 0 saturated heterocycles. The molecule has 1 aromatic carbocycles. The van der Waals surface area contributed by atoms with E-state index >= 15 is 0 Å². The van der Waals surface area contributed by atoms with Crippen molar-refractivity contribution in [1.29, 1.82) is 0 Å². The van der Waals surface area contributed by atoms with Crippen LogP contribution in [0.4, 0.5) is 0 Å². The van der Waals surface area contributed by atoms with Crippen LogP contribution in [-0.2, 0) is 22.1 Å². The Bertz CT molecular complexity index is 694. The SMILES string of the molecule is COc1ccc(C[C@H](C)c2nnn(CS(C)(=O)=O)n2)cc1. The van der Waals surface area contributed by atoms with Crippen LogP contribution < -0.4 is 4.74 Å². The quantitative estimate of drug-likeness (QED) is 0.792. The molecule has 0 bridgehead atoms. The minimum Gasteiger partial charge on any atom is -0.497 e. The number of sulfone groups is 1. The topological polar surface area (TPSA) is 87.0 Å². The Balaban J connectivity index is 2.04. The van der Waals surface area contributed by atoms with Crippen LogP contribution in [0.25, 0.3) is 0 Å². The van der Waals surface area contributed by atoms with Gasteiger partial charge in [-0.25, -0.2) is 8.42 Å². The molecule has 0 aliphatic carbocycles. The van der Waals surface area contributed by atoms with E-state index in [0.717, 1.165) is 28.8 Å². The number of aromatic nitrogens is 4. The molecule has 0 spiro atoms. The lowest BCUT2D eigenvalue weighted by atomic mass is 10.0. The van der Waals surface area contributed by atoms with Gasteiger partial charge < -0.3 is 4.74 Å². The Kier molecular flexibility index (Phi) is 4.56. The molecule has 1 atom stereocenters. The summed E-state index contributed by atoms with van der Waals surface area (Å²) in [5.41, 5.74) is 1.13. The van der Waals surface area contributed by atoms with E-state index in [2.05, 4.69) is 15.4 Å². The van der Waals surface area contributed by atoms with Gasteiger partial charge in [-0.3, -0.25) is 0 Å². The van der Waals surface area contributed by atoms with Gasteiger partial charge in [0.05, 0.1) is 7.11 Å². The lowest BCUT2D eigenvalue weighted by molar-refractivity contribution is 0.414. The van der Waals surface area contributed by atoms with Crippen LogP contribution in [0.15, 0.2) is 24.3 Å².